The maximum absolute atomic E-state index is 12.7. The zero-order valence-corrected chi connectivity index (χ0v) is 19.9. The van der Waals surface area contributed by atoms with Crippen LogP contribution in [0.1, 0.15) is 25.5 Å². The van der Waals surface area contributed by atoms with Gasteiger partial charge < -0.3 is 44.9 Å². The minimum Gasteiger partial charge on any atom is -0.456 e. The van der Waals surface area contributed by atoms with Crippen molar-refractivity contribution in [1.82, 2.24) is 20.2 Å². The van der Waals surface area contributed by atoms with Crippen LogP contribution in [0, 0.1) is 0 Å². The lowest BCUT2D eigenvalue weighted by Gasteiger charge is -2.32. The Balaban J connectivity index is 1.40. The van der Waals surface area contributed by atoms with Crippen molar-refractivity contribution in [3.8, 4) is 0 Å². The van der Waals surface area contributed by atoms with E-state index in [4.69, 9.17) is 18.9 Å². The summed E-state index contributed by atoms with van der Waals surface area (Å²) in [4.78, 5) is 50.4. The molecule has 15 nitrogen and oxygen atoms in total. The molecule has 0 bridgehead atoms. The molecule has 204 valence electrons. The van der Waals surface area contributed by atoms with Gasteiger partial charge in [0.25, 0.3) is 11.5 Å². The summed E-state index contributed by atoms with van der Waals surface area (Å²) < 4.78 is 23.1. The average Bonchev–Trinajstić information content (AvgIpc) is 3.03. The highest BCUT2D eigenvalue weighted by molar-refractivity contribution is 5.95. The lowest BCUT2D eigenvalue weighted by molar-refractivity contribution is -0.219. The minimum absolute atomic E-state index is 0.325. The average molecular weight is 526 g/mol. The van der Waals surface area contributed by atoms with Crippen LogP contribution in [-0.4, -0.2) is 99.8 Å². The summed E-state index contributed by atoms with van der Waals surface area (Å²) in [6, 6.07) is 0.320. The number of hydrogen-bond donors (Lipinski definition) is 6. The number of rotatable bonds is 7. The molecular weight excluding hydrogens is 496 g/mol. The van der Waals surface area contributed by atoms with Crippen molar-refractivity contribution in [2.24, 2.45) is 0 Å². The first-order valence-electron chi connectivity index (χ1n) is 11.8. The van der Waals surface area contributed by atoms with Crippen molar-refractivity contribution >= 4 is 11.8 Å². The van der Waals surface area contributed by atoms with Gasteiger partial charge in [-0.25, -0.2) is 4.79 Å². The smallest absolute Gasteiger partial charge is 0.330 e. The van der Waals surface area contributed by atoms with Gasteiger partial charge in [0, 0.05) is 25.9 Å². The fraction of sp³-hybridized carbons (Fsp3) is 0.636. The molecule has 15 heteroatoms. The van der Waals surface area contributed by atoms with Gasteiger partial charge >= 0.3 is 5.69 Å². The highest BCUT2D eigenvalue weighted by Crippen LogP contribution is 2.31. The van der Waals surface area contributed by atoms with Gasteiger partial charge in [-0.15, -0.1) is 0 Å². The molecule has 2 fully saturated rings. The van der Waals surface area contributed by atoms with Crippen LogP contribution < -0.4 is 21.9 Å². The minimum atomic E-state index is -1.57. The summed E-state index contributed by atoms with van der Waals surface area (Å²) in [7, 11) is 1.31. The molecule has 1 aromatic rings. The first kappa shape index (κ1) is 27.0. The van der Waals surface area contributed by atoms with E-state index < -0.39 is 66.2 Å². The van der Waals surface area contributed by atoms with Gasteiger partial charge in [-0.1, -0.05) is 0 Å². The molecule has 3 aliphatic rings. The molecule has 0 spiro atoms. The second-order valence-corrected chi connectivity index (χ2v) is 8.92. The Kier molecular flexibility index (Phi) is 8.41. The molecule has 2 saturated heterocycles. The van der Waals surface area contributed by atoms with Crippen LogP contribution in [0.25, 0.3) is 0 Å². The number of aliphatic hydroxyl groups is 3. The van der Waals surface area contributed by atoms with E-state index in [1.807, 2.05) is 0 Å². The molecule has 1 aromatic heterocycles. The van der Waals surface area contributed by atoms with Crippen molar-refractivity contribution in [3.05, 3.63) is 44.9 Å². The number of ether oxygens (including phenoxy) is 4. The summed E-state index contributed by atoms with van der Waals surface area (Å²) in [5.74, 6) is -1.43. The Labute approximate surface area is 210 Å². The molecule has 0 saturated carbocycles. The monoisotopic (exact) mass is 526 g/mol. The molecule has 4 heterocycles. The van der Waals surface area contributed by atoms with Crippen LogP contribution in [0.5, 0.6) is 0 Å². The van der Waals surface area contributed by atoms with E-state index in [9.17, 15) is 34.5 Å². The topological polar surface area (TPSA) is 211 Å². The Hall–Kier alpha value is -3.08. The molecular formula is C22H30N4O11. The molecule has 0 aliphatic carbocycles. The number of amides is 2. The number of carbonyl (C=O) groups excluding carboxylic acids is 2. The van der Waals surface area contributed by atoms with E-state index >= 15 is 0 Å². The lowest BCUT2D eigenvalue weighted by Crippen LogP contribution is -2.50. The number of aromatic amines is 1. The molecule has 0 radical (unpaired) electrons. The molecule has 37 heavy (non-hydrogen) atoms. The Morgan fingerprint density at radius 2 is 2.00 bits per heavy atom. The molecule has 8 atom stereocenters. The molecule has 2 amide bonds. The third kappa shape index (κ3) is 5.92. The highest BCUT2D eigenvalue weighted by atomic mass is 16.7. The SMILES string of the molecule is CO[C@H]1[C@@H](O)[C@H](n2ccc(=O)[nH]c2=O)O[C@@H]1CO[C@H]1OC(C(=O)N[C@H]2CCCCNC2=O)=C[C@H](O)[C@@H]1O. The number of aliphatic hydroxyl groups excluding tert-OH is 3. The highest BCUT2D eigenvalue weighted by Gasteiger charge is 2.46. The number of methoxy groups -OCH3 is 1. The van der Waals surface area contributed by atoms with E-state index in [0.717, 1.165) is 29.6 Å². The molecule has 3 aliphatic heterocycles. The van der Waals surface area contributed by atoms with Crippen LogP contribution in [0.2, 0.25) is 0 Å². The van der Waals surface area contributed by atoms with E-state index in [0.29, 0.717) is 13.0 Å². The van der Waals surface area contributed by atoms with Crippen molar-refractivity contribution in [1.29, 1.82) is 0 Å². The van der Waals surface area contributed by atoms with E-state index in [2.05, 4.69) is 15.6 Å². The summed E-state index contributed by atoms with van der Waals surface area (Å²) in [5, 5.41) is 36.5. The number of aromatic nitrogens is 2. The zero-order chi connectivity index (χ0) is 26.7. The Bertz CT molecular complexity index is 1130. The van der Waals surface area contributed by atoms with Gasteiger partial charge in [0.1, 0.15) is 36.6 Å². The molecule has 4 rings (SSSR count). The zero-order valence-electron chi connectivity index (χ0n) is 19.9. The largest absolute Gasteiger partial charge is 0.456 e. The summed E-state index contributed by atoms with van der Waals surface area (Å²) in [6.45, 7) is 0.182. The Morgan fingerprint density at radius 1 is 1.22 bits per heavy atom. The summed E-state index contributed by atoms with van der Waals surface area (Å²) in [5.41, 5.74) is -1.42. The van der Waals surface area contributed by atoms with Crippen LogP contribution in [0.4, 0.5) is 0 Å². The quantitative estimate of drug-likeness (QED) is 0.206. The van der Waals surface area contributed by atoms with E-state index in [1.165, 1.54) is 13.3 Å². The third-order valence-corrected chi connectivity index (χ3v) is 6.39. The van der Waals surface area contributed by atoms with E-state index in [-0.39, 0.29) is 18.3 Å². The predicted molar refractivity (Wildman–Crippen MR) is 122 cm³/mol. The van der Waals surface area contributed by atoms with Crippen LogP contribution >= 0.6 is 0 Å². The second kappa shape index (κ2) is 11.5. The third-order valence-electron chi connectivity index (χ3n) is 6.39. The number of hydrogen-bond acceptors (Lipinski definition) is 11. The van der Waals surface area contributed by atoms with E-state index in [1.54, 1.807) is 0 Å². The normalized spacial score (nSPS) is 34.2. The van der Waals surface area contributed by atoms with Gasteiger partial charge in [0.05, 0.1) is 6.61 Å². The van der Waals surface area contributed by atoms with Crippen LogP contribution in [0.3, 0.4) is 0 Å². The summed E-state index contributed by atoms with van der Waals surface area (Å²) >= 11 is 0. The van der Waals surface area contributed by atoms with Gasteiger partial charge in [0.15, 0.2) is 12.0 Å². The second-order valence-electron chi connectivity index (χ2n) is 8.92. The first-order valence-corrected chi connectivity index (χ1v) is 11.8. The first-order chi connectivity index (χ1) is 17.7. The number of H-pyrrole nitrogens is 1. The Morgan fingerprint density at radius 3 is 2.73 bits per heavy atom. The maximum atomic E-state index is 12.7. The maximum Gasteiger partial charge on any atom is 0.330 e. The fourth-order valence-corrected chi connectivity index (χ4v) is 4.41. The number of nitrogens with zero attached hydrogens (tertiary/aromatic N) is 1. The van der Waals surface area contributed by atoms with Crippen LogP contribution in [0.15, 0.2) is 33.7 Å². The lowest BCUT2D eigenvalue weighted by atomic mass is 10.1. The fourth-order valence-electron chi connectivity index (χ4n) is 4.41. The number of nitrogens with one attached hydrogen (secondary N) is 3. The molecule has 6 N–H and O–H groups in total. The van der Waals surface area contributed by atoms with Crippen molar-refractivity contribution in [2.45, 2.75) is 68.3 Å². The van der Waals surface area contributed by atoms with Crippen LogP contribution in [-0.2, 0) is 28.5 Å². The predicted octanol–water partition coefficient (Wildman–Crippen LogP) is -3.43. The molecule has 0 unspecified atom stereocenters. The van der Waals surface area contributed by atoms with Gasteiger partial charge in [-0.05, 0) is 25.3 Å². The van der Waals surface area contributed by atoms with Gasteiger partial charge in [0.2, 0.25) is 12.2 Å². The molecule has 0 aromatic carbocycles. The van der Waals surface area contributed by atoms with Gasteiger partial charge in [-0.3, -0.25) is 23.9 Å². The standard InChI is InChI=1S/C22H30N4O11/c1-34-17-13(36-20(16(17)30)26-7-5-14(28)25-22(26)33)9-35-21-15(29)11(27)8-12(37-21)19(32)24-10-4-2-3-6-23-18(10)31/h5,7-8,10-11,13,15-17,20-21,27,29-30H,2-4,6,9H2,1H3,(H,23,31)(H,24,32)(H,25,28,33)/t10-,11-,13+,15-,16+,17+,20+,21-/m0/s1. The van der Waals surface area contributed by atoms with Crippen molar-refractivity contribution in [2.75, 3.05) is 20.3 Å². The van der Waals surface area contributed by atoms with Crippen molar-refractivity contribution in [3.63, 3.8) is 0 Å². The van der Waals surface area contributed by atoms with Gasteiger partial charge in [-0.2, -0.15) is 0 Å². The number of carbonyl (C=O) groups is 2. The summed E-state index contributed by atoms with van der Waals surface area (Å²) in [6.07, 6.45) is -4.91. The van der Waals surface area contributed by atoms with Crippen molar-refractivity contribution < 1.29 is 43.9 Å².